The summed E-state index contributed by atoms with van der Waals surface area (Å²) in [6.07, 6.45) is 3.77. The van der Waals surface area contributed by atoms with Crippen molar-refractivity contribution in [2.24, 2.45) is 0 Å². The minimum atomic E-state index is -1.35. The van der Waals surface area contributed by atoms with Crippen LogP contribution in [0.4, 0.5) is 0 Å². The van der Waals surface area contributed by atoms with Crippen molar-refractivity contribution in [3.63, 3.8) is 0 Å². The van der Waals surface area contributed by atoms with Gasteiger partial charge < -0.3 is 19.4 Å². The van der Waals surface area contributed by atoms with Crippen LogP contribution in [0.3, 0.4) is 0 Å². The van der Waals surface area contributed by atoms with Crippen molar-refractivity contribution in [1.29, 1.82) is 0 Å². The van der Waals surface area contributed by atoms with Crippen molar-refractivity contribution in [2.45, 2.75) is 78.2 Å². The molecular formula is C58H60B2BrN3O4Si2. The number of benzene rings is 8. The molecule has 11 rings (SSSR count). The molecule has 0 bridgehead atoms. The van der Waals surface area contributed by atoms with Gasteiger partial charge in [0.1, 0.15) is 0 Å². The van der Waals surface area contributed by atoms with Crippen LogP contribution in [0.2, 0.25) is 39.3 Å². The molecule has 0 radical (unpaired) electrons. The lowest BCUT2D eigenvalue weighted by Crippen LogP contribution is -2.41. The molecule has 1 saturated heterocycles. The van der Waals surface area contributed by atoms with Crippen LogP contribution in [0, 0.1) is 0 Å². The van der Waals surface area contributed by atoms with Crippen LogP contribution in [-0.4, -0.2) is 66.0 Å². The number of rotatable bonds is 7. The van der Waals surface area contributed by atoms with E-state index >= 15 is 0 Å². The predicted octanol–water partition coefficient (Wildman–Crippen LogP) is 11.8. The van der Waals surface area contributed by atoms with Gasteiger partial charge in [0.15, 0.2) is 0 Å². The van der Waals surface area contributed by atoms with Gasteiger partial charge in [-0.2, -0.15) is 0 Å². The molecular weight excluding hydrogens is 960 g/mol. The summed E-state index contributed by atoms with van der Waals surface area (Å²) in [5, 5.41) is 28.3. The van der Waals surface area contributed by atoms with Crippen molar-refractivity contribution in [2.75, 3.05) is 0 Å². The smallest absolute Gasteiger partial charge is 0.423 e. The number of fused-ring (bicyclic) bond motifs is 1. The van der Waals surface area contributed by atoms with E-state index in [1.165, 1.54) is 53.8 Å². The van der Waals surface area contributed by atoms with Gasteiger partial charge in [-0.05, 0) is 112 Å². The highest BCUT2D eigenvalue weighted by molar-refractivity contribution is 9.10. The lowest BCUT2D eigenvalue weighted by atomic mass is 9.76. The molecule has 10 aromatic rings. The highest BCUT2D eigenvalue weighted by Crippen LogP contribution is 2.40. The second-order valence-electron chi connectivity index (χ2n) is 21.4. The molecule has 3 heterocycles. The summed E-state index contributed by atoms with van der Waals surface area (Å²) in [6, 6.07) is 55.3. The second-order valence-corrected chi connectivity index (χ2v) is 32.5. The molecule has 2 N–H and O–H groups in total. The maximum absolute atomic E-state index is 8.88. The number of hydrogen-bond donors (Lipinski definition) is 2. The summed E-state index contributed by atoms with van der Waals surface area (Å²) in [7, 11) is -4.26. The van der Waals surface area contributed by atoms with E-state index in [0.29, 0.717) is 11.2 Å². The summed E-state index contributed by atoms with van der Waals surface area (Å²) in [5.41, 5.74) is 7.70. The topological polar surface area (TPSA) is 89.1 Å². The van der Waals surface area contributed by atoms with E-state index in [1.807, 2.05) is 59.1 Å². The fraction of sp³-hybridized carbons (Fsp3) is 0.207. The Morgan fingerprint density at radius 2 is 1.04 bits per heavy atom. The van der Waals surface area contributed by atoms with Crippen molar-refractivity contribution < 1.29 is 19.4 Å². The fourth-order valence-corrected chi connectivity index (χ4v) is 11.6. The molecule has 1 fully saturated rings. The van der Waals surface area contributed by atoms with Gasteiger partial charge in [-0.15, -0.1) is 0 Å². The van der Waals surface area contributed by atoms with Gasteiger partial charge in [0, 0.05) is 28.0 Å². The van der Waals surface area contributed by atoms with Crippen LogP contribution in [0.5, 0.6) is 0 Å². The second kappa shape index (κ2) is 19.1. The predicted molar refractivity (Wildman–Crippen MR) is 305 cm³/mol. The summed E-state index contributed by atoms with van der Waals surface area (Å²) >= 11 is 3.49. The lowest BCUT2D eigenvalue weighted by molar-refractivity contribution is 0.00578. The molecule has 0 amide bonds. The Morgan fingerprint density at radius 3 is 1.54 bits per heavy atom. The molecule has 7 nitrogen and oxygen atoms in total. The van der Waals surface area contributed by atoms with E-state index in [0.717, 1.165) is 32.5 Å². The third kappa shape index (κ3) is 10.1. The number of hydrogen-bond acceptors (Lipinski definition) is 6. The van der Waals surface area contributed by atoms with Crippen LogP contribution < -0.4 is 21.3 Å². The van der Waals surface area contributed by atoms with E-state index in [-0.39, 0.29) is 18.3 Å². The maximum atomic E-state index is 8.88. The van der Waals surface area contributed by atoms with Gasteiger partial charge in [0.05, 0.1) is 38.7 Å². The van der Waals surface area contributed by atoms with Gasteiger partial charge in [0.25, 0.3) is 0 Å². The molecule has 0 spiro atoms. The monoisotopic (exact) mass is 1020 g/mol. The largest absolute Gasteiger partial charge is 0.494 e. The first-order valence-electron chi connectivity index (χ1n) is 24.0. The zero-order valence-corrected chi connectivity index (χ0v) is 45.3. The Bertz CT molecular complexity index is 3360. The van der Waals surface area contributed by atoms with E-state index < -0.39 is 23.3 Å². The third-order valence-corrected chi connectivity index (χ3v) is 18.5. The van der Waals surface area contributed by atoms with Crippen LogP contribution in [0.25, 0.3) is 71.7 Å². The Hall–Kier alpha value is -5.70. The lowest BCUT2D eigenvalue weighted by Gasteiger charge is -2.32. The van der Waals surface area contributed by atoms with Crippen LogP contribution in [0.15, 0.2) is 175 Å². The van der Waals surface area contributed by atoms with Crippen molar-refractivity contribution >= 4 is 106 Å². The third-order valence-electron chi connectivity index (χ3n) is 13.8. The SMILES string of the molecule is Brc1ccc(-c2c(-c3ccccc3)nc3ncccn23)cc1.CC1(C)OB(c2cc3ccc4cc(-c5ccc([Si](C)(C)C)cc5)cc5ccc(c2)c3c45)OC1(C)C.C[Si](C)(C)c1ccc(B(O)O)cc1. The van der Waals surface area contributed by atoms with Gasteiger partial charge in [0.2, 0.25) is 5.78 Å². The molecule has 0 aliphatic carbocycles. The van der Waals surface area contributed by atoms with Crippen molar-refractivity contribution in [3.8, 4) is 33.6 Å². The highest BCUT2D eigenvalue weighted by atomic mass is 79.9. The first-order valence-corrected chi connectivity index (χ1v) is 31.8. The Morgan fingerprint density at radius 1 is 0.557 bits per heavy atom. The first-order chi connectivity index (χ1) is 33.2. The van der Waals surface area contributed by atoms with Crippen molar-refractivity contribution in [3.05, 3.63) is 175 Å². The standard InChI is InChI=1S/C31H33BO2Si.C18H12BrN3.C9H15BO2Si/c1-30(2)31(3,4)34-32(33-30)26-18-23-10-8-21-16-25(20-12-14-27(15-13-20)35(5,6)7)17-22-9-11-24(19-26)29(23)28(21)22;19-15-9-7-14(8-10-15)17-16(13-5-2-1-3-6-13)21-18-20-11-4-12-22(17)18;1-13(2,3)9-6-4-8(5-7-9)10(11)12/h8-19H,1-7H3;1-12H;4-7,11-12H,1-3H3. The van der Waals surface area contributed by atoms with Gasteiger partial charge in [-0.3, -0.25) is 4.40 Å². The molecule has 352 valence electrons. The summed E-state index contributed by atoms with van der Waals surface area (Å²) in [6.45, 7) is 22.4. The van der Waals surface area contributed by atoms with Crippen LogP contribution in [-0.2, 0) is 9.31 Å². The van der Waals surface area contributed by atoms with Gasteiger partial charge in [-0.1, -0.05) is 193 Å². The van der Waals surface area contributed by atoms with E-state index in [4.69, 9.17) is 24.3 Å². The minimum absolute atomic E-state index is 0.347. The van der Waals surface area contributed by atoms with Crippen molar-refractivity contribution in [1.82, 2.24) is 14.4 Å². The molecule has 1 aliphatic heterocycles. The molecule has 0 saturated carbocycles. The fourth-order valence-electron chi connectivity index (χ4n) is 9.03. The zero-order valence-electron chi connectivity index (χ0n) is 41.8. The normalized spacial score (nSPS) is 14.4. The van der Waals surface area contributed by atoms with Gasteiger partial charge in [-0.25, -0.2) is 9.97 Å². The maximum Gasteiger partial charge on any atom is 0.494 e. The molecule has 1 aliphatic rings. The quantitative estimate of drug-likeness (QED) is 0.122. The zero-order chi connectivity index (χ0) is 49.8. The molecule has 0 atom stereocenters. The summed E-state index contributed by atoms with van der Waals surface area (Å²) in [4.78, 5) is 9.10. The molecule has 0 unspecified atom stereocenters. The van der Waals surface area contributed by atoms with Crippen LogP contribution in [0.1, 0.15) is 27.7 Å². The number of nitrogens with zero attached hydrogens (tertiary/aromatic N) is 3. The average molecular weight is 1020 g/mol. The number of halogens is 1. The highest BCUT2D eigenvalue weighted by Gasteiger charge is 2.51. The summed E-state index contributed by atoms with van der Waals surface area (Å²) < 4.78 is 15.8. The molecule has 2 aromatic heterocycles. The van der Waals surface area contributed by atoms with E-state index in [2.05, 4.69) is 185 Å². The minimum Gasteiger partial charge on any atom is -0.423 e. The van der Waals surface area contributed by atoms with E-state index in [9.17, 15) is 0 Å². The molecule has 70 heavy (non-hydrogen) atoms. The van der Waals surface area contributed by atoms with E-state index in [1.54, 1.807) is 18.3 Å². The molecule has 12 heteroatoms. The summed E-state index contributed by atoms with van der Waals surface area (Å²) in [5.74, 6) is 0.708. The number of aromatic nitrogens is 3. The van der Waals surface area contributed by atoms with Gasteiger partial charge >= 0.3 is 14.2 Å². The Kier molecular flexibility index (Phi) is 13.5. The Labute approximate surface area is 423 Å². The first kappa shape index (κ1) is 49.3. The number of imidazole rings is 1. The average Bonchev–Trinajstić information content (AvgIpc) is 3.83. The molecule has 8 aromatic carbocycles. The Balaban J connectivity index is 0.000000148. The van der Waals surface area contributed by atoms with Crippen LogP contribution >= 0.6 is 15.9 Å².